The van der Waals surface area contributed by atoms with Gasteiger partial charge < -0.3 is 9.47 Å². The average Bonchev–Trinajstić information content (AvgIpc) is 2.29. The molecular weight excluding hydrogens is 223 g/mol. The number of hydrogen-bond donors (Lipinski definition) is 0. The Hall–Kier alpha value is -1.58. The monoisotopic (exact) mass is 236 g/mol. The zero-order valence-corrected chi connectivity index (χ0v) is 9.37. The van der Waals surface area contributed by atoms with Crippen molar-refractivity contribution >= 4 is 5.97 Å². The third kappa shape index (κ3) is 1.68. The summed E-state index contributed by atoms with van der Waals surface area (Å²) < 4.78 is 24.5. The minimum atomic E-state index is -0.851. The molecule has 0 unspecified atom stereocenters. The fourth-order valence-corrected chi connectivity index (χ4v) is 2.52. The molecule has 1 aliphatic heterocycles. The van der Waals surface area contributed by atoms with Gasteiger partial charge in [-0.2, -0.15) is 0 Å². The first kappa shape index (κ1) is 10.6. The molecular formula is C13H13FO3. The molecule has 1 saturated carbocycles. The Bertz CT molecular complexity index is 464. The van der Waals surface area contributed by atoms with Gasteiger partial charge in [-0.25, -0.2) is 9.18 Å². The molecule has 0 radical (unpaired) electrons. The van der Waals surface area contributed by atoms with Gasteiger partial charge >= 0.3 is 5.97 Å². The van der Waals surface area contributed by atoms with Crippen LogP contribution in [0.2, 0.25) is 0 Å². The van der Waals surface area contributed by atoms with E-state index in [1.165, 1.54) is 6.07 Å². The van der Waals surface area contributed by atoms with E-state index < -0.39 is 17.6 Å². The molecule has 1 spiro atoms. The number of fused-ring (bicyclic) bond motifs is 1. The molecule has 0 bridgehead atoms. The molecule has 0 amide bonds. The van der Waals surface area contributed by atoms with E-state index in [-0.39, 0.29) is 5.56 Å². The van der Waals surface area contributed by atoms with Crippen molar-refractivity contribution in [2.24, 2.45) is 0 Å². The summed E-state index contributed by atoms with van der Waals surface area (Å²) in [4.78, 5) is 11.8. The summed E-state index contributed by atoms with van der Waals surface area (Å²) in [5.41, 5.74) is -0.0799. The van der Waals surface area contributed by atoms with E-state index in [1.54, 1.807) is 12.1 Å². The van der Waals surface area contributed by atoms with Crippen LogP contribution in [-0.2, 0) is 4.74 Å². The molecule has 1 heterocycles. The number of carbonyl (C=O) groups is 1. The van der Waals surface area contributed by atoms with Crippen molar-refractivity contribution in [2.75, 3.05) is 0 Å². The maximum absolute atomic E-state index is 13.5. The maximum atomic E-state index is 13.5. The number of carbonyl (C=O) groups excluding carboxylic acids is 1. The summed E-state index contributed by atoms with van der Waals surface area (Å²) in [5.74, 6) is -1.73. The van der Waals surface area contributed by atoms with E-state index in [4.69, 9.17) is 9.47 Å². The van der Waals surface area contributed by atoms with Gasteiger partial charge in [-0.05, 0) is 25.0 Å². The molecule has 0 N–H and O–H groups in total. The summed E-state index contributed by atoms with van der Waals surface area (Å²) in [5, 5.41) is 0. The first-order chi connectivity index (χ1) is 8.20. The third-order valence-corrected chi connectivity index (χ3v) is 3.37. The van der Waals surface area contributed by atoms with Crippen molar-refractivity contribution in [3.05, 3.63) is 29.6 Å². The predicted molar refractivity (Wildman–Crippen MR) is 58.3 cm³/mol. The zero-order chi connectivity index (χ0) is 11.9. The smallest absolute Gasteiger partial charge is 0.348 e. The number of benzene rings is 1. The van der Waals surface area contributed by atoms with Crippen LogP contribution < -0.4 is 4.74 Å². The number of rotatable bonds is 0. The zero-order valence-electron chi connectivity index (χ0n) is 9.37. The third-order valence-electron chi connectivity index (χ3n) is 3.37. The van der Waals surface area contributed by atoms with Crippen LogP contribution in [0.5, 0.6) is 5.75 Å². The van der Waals surface area contributed by atoms with Crippen LogP contribution in [0.1, 0.15) is 42.5 Å². The largest absolute Gasteiger partial charge is 0.451 e. The van der Waals surface area contributed by atoms with E-state index in [1.807, 2.05) is 0 Å². The van der Waals surface area contributed by atoms with Gasteiger partial charge in [-0.15, -0.1) is 0 Å². The summed E-state index contributed by atoms with van der Waals surface area (Å²) in [6.07, 6.45) is 4.44. The molecule has 3 rings (SSSR count). The Morgan fingerprint density at radius 3 is 2.65 bits per heavy atom. The molecule has 90 valence electrons. The highest BCUT2D eigenvalue weighted by molar-refractivity contribution is 5.93. The lowest BCUT2D eigenvalue weighted by atomic mass is 9.93. The Kier molecular flexibility index (Phi) is 2.31. The standard InChI is InChI=1S/C13H13FO3/c14-9-5-4-6-10-11(9)12(15)17-13(16-10)7-2-1-3-8-13/h4-6H,1-3,7-8H2. The van der Waals surface area contributed by atoms with E-state index in [2.05, 4.69) is 0 Å². The van der Waals surface area contributed by atoms with Crippen LogP contribution in [0.4, 0.5) is 4.39 Å². The Balaban J connectivity index is 2.00. The molecule has 0 aromatic heterocycles. The highest BCUT2D eigenvalue weighted by Crippen LogP contribution is 2.40. The van der Waals surface area contributed by atoms with E-state index in [9.17, 15) is 9.18 Å². The topological polar surface area (TPSA) is 35.5 Å². The van der Waals surface area contributed by atoms with Gasteiger partial charge in [0.05, 0.1) is 0 Å². The fraction of sp³-hybridized carbons (Fsp3) is 0.462. The van der Waals surface area contributed by atoms with Crippen LogP contribution >= 0.6 is 0 Å². The van der Waals surface area contributed by atoms with Crippen LogP contribution in [0.25, 0.3) is 0 Å². The van der Waals surface area contributed by atoms with Gasteiger partial charge in [0.15, 0.2) is 0 Å². The van der Waals surface area contributed by atoms with Gasteiger partial charge in [0.2, 0.25) is 0 Å². The number of esters is 1. The van der Waals surface area contributed by atoms with Crippen LogP contribution in [0, 0.1) is 5.82 Å². The van der Waals surface area contributed by atoms with Crippen LogP contribution in [-0.4, -0.2) is 11.8 Å². The molecule has 1 aliphatic carbocycles. The highest BCUT2D eigenvalue weighted by atomic mass is 19.1. The van der Waals surface area contributed by atoms with Crippen molar-refractivity contribution in [1.82, 2.24) is 0 Å². The lowest BCUT2D eigenvalue weighted by Crippen LogP contribution is -2.46. The van der Waals surface area contributed by atoms with Crippen LogP contribution in [0.3, 0.4) is 0 Å². The SMILES string of the molecule is O=C1OC2(CCCCC2)Oc2cccc(F)c21. The quantitative estimate of drug-likeness (QED) is 0.649. The second-order valence-corrected chi connectivity index (χ2v) is 4.58. The second-order valence-electron chi connectivity index (χ2n) is 4.58. The van der Waals surface area contributed by atoms with E-state index in [0.717, 1.165) is 19.3 Å². The summed E-state index contributed by atoms with van der Waals surface area (Å²) in [6, 6.07) is 4.40. The van der Waals surface area contributed by atoms with Gasteiger partial charge in [0.1, 0.15) is 17.1 Å². The molecule has 17 heavy (non-hydrogen) atoms. The average molecular weight is 236 g/mol. The van der Waals surface area contributed by atoms with Crippen molar-refractivity contribution < 1.29 is 18.7 Å². The maximum Gasteiger partial charge on any atom is 0.348 e. The van der Waals surface area contributed by atoms with Crippen molar-refractivity contribution in [3.63, 3.8) is 0 Å². The molecule has 1 aromatic carbocycles. The molecule has 2 aliphatic rings. The van der Waals surface area contributed by atoms with Gasteiger partial charge in [0, 0.05) is 12.8 Å². The normalized spacial score (nSPS) is 21.6. The number of hydrogen-bond acceptors (Lipinski definition) is 3. The van der Waals surface area contributed by atoms with Crippen molar-refractivity contribution in [1.29, 1.82) is 0 Å². The molecule has 4 heteroatoms. The molecule has 0 saturated heterocycles. The lowest BCUT2D eigenvalue weighted by molar-refractivity contribution is -0.173. The van der Waals surface area contributed by atoms with Gasteiger partial charge in [0.25, 0.3) is 5.79 Å². The Morgan fingerprint density at radius 1 is 1.12 bits per heavy atom. The van der Waals surface area contributed by atoms with Gasteiger partial charge in [-0.3, -0.25) is 0 Å². The minimum absolute atomic E-state index is 0.0799. The Labute approximate surface area is 98.5 Å². The predicted octanol–water partition coefficient (Wildman–Crippen LogP) is 3.04. The van der Waals surface area contributed by atoms with E-state index in [0.29, 0.717) is 18.6 Å². The second kappa shape index (κ2) is 3.72. The number of ether oxygens (including phenoxy) is 2. The first-order valence-corrected chi connectivity index (χ1v) is 5.91. The molecule has 3 nitrogen and oxygen atoms in total. The molecule has 1 fully saturated rings. The molecule has 0 atom stereocenters. The number of halogens is 1. The van der Waals surface area contributed by atoms with Crippen molar-refractivity contribution in [2.45, 2.75) is 37.9 Å². The fourth-order valence-electron chi connectivity index (χ4n) is 2.52. The van der Waals surface area contributed by atoms with Gasteiger partial charge in [-0.1, -0.05) is 12.5 Å². The molecule has 1 aromatic rings. The first-order valence-electron chi connectivity index (χ1n) is 5.91. The summed E-state index contributed by atoms with van der Waals surface area (Å²) in [7, 11) is 0. The highest BCUT2D eigenvalue weighted by Gasteiger charge is 2.44. The summed E-state index contributed by atoms with van der Waals surface area (Å²) in [6.45, 7) is 0. The summed E-state index contributed by atoms with van der Waals surface area (Å²) >= 11 is 0. The lowest BCUT2D eigenvalue weighted by Gasteiger charge is -2.39. The van der Waals surface area contributed by atoms with E-state index >= 15 is 0 Å². The van der Waals surface area contributed by atoms with Crippen molar-refractivity contribution in [3.8, 4) is 5.75 Å². The minimum Gasteiger partial charge on any atom is -0.451 e. The van der Waals surface area contributed by atoms with Crippen LogP contribution in [0.15, 0.2) is 18.2 Å². The Morgan fingerprint density at radius 2 is 1.88 bits per heavy atom.